The van der Waals surface area contributed by atoms with Crippen LogP contribution >= 0.6 is 15.9 Å². The Morgan fingerprint density at radius 1 is 1.39 bits per heavy atom. The number of hydrogen-bond acceptors (Lipinski definition) is 3. The fraction of sp³-hybridized carbons (Fsp3) is 0.417. The van der Waals surface area contributed by atoms with Crippen LogP contribution in [0.4, 0.5) is 5.69 Å². The van der Waals surface area contributed by atoms with E-state index in [1.165, 1.54) is 6.20 Å². The Morgan fingerprint density at radius 2 is 2.06 bits per heavy atom. The van der Waals surface area contributed by atoms with E-state index in [4.69, 9.17) is 5.11 Å². The van der Waals surface area contributed by atoms with Gasteiger partial charge in [0.25, 0.3) is 0 Å². The number of amides is 1. The molecule has 0 aromatic carbocycles. The molecule has 2 rings (SSSR count). The molecule has 0 saturated heterocycles. The van der Waals surface area contributed by atoms with Crippen molar-refractivity contribution >= 4 is 33.5 Å². The van der Waals surface area contributed by atoms with Gasteiger partial charge in [0, 0.05) is 0 Å². The van der Waals surface area contributed by atoms with Gasteiger partial charge in [0.1, 0.15) is 4.60 Å². The third-order valence-corrected chi connectivity index (χ3v) is 3.84. The number of carboxylic acids is 1. The van der Waals surface area contributed by atoms with E-state index in [0.717, 1.165) is 0 Å². The Labute approximate surface area is 113 Å². The second-order valence-electron chi connectivity index (χ2n) is 4.97. The highest BCUT2D eigenvalue weighted by Gasteiger charge is 2.65. The Kier molecular flexibility index (Phi) is 3.14. The maximum absolute atomic E-state index is 12.0. The number of carboxylic acid groups (broad SMARTS) is 1. The number of aliphatic carboxylic acids is 1. The van der Waals surface area contributed by atoms with Crippen molar-refractivity contribution in [3.8, 4) is 0 Å². The van der Waals surface area contributed by atoms with Crippen LogP contribution in [-0.2, 0) is 9.59 Å². The molecule has 18 heavy (non-hydrogen) atoms. The maximum Gasteiger partial charge on any atom is 0.307 e. The highest BCUT2D eigenvalue weighted by atomic mass is 79.9. The summed E-state index contributed by atoms with van der Waals surface area (Å²) in [4.78, 5) is 27.0. The Hall–Kier alpha value is -1.43. The molecule has 1 heterocycles. The average Bonchev–Trinajstić information content (AvgIpc) is 2.85. The summed E-state index contributed by atoms with van der Waals surface area (Å²) in [6.45, 7) is 3.58. The fourth-order valence-corrected chi connectivity index (χ4v) is 2.49. The molecule has 1 saturated carbocycles. The highest BCUT2D eigenvalue weighted by Crippen LogP contribution is 2.58. The van der Waals surface area contributed by atoms with E-state index in [9.17, 15) is 9.59 Å². The van der Waals surface area contributed by atoms with E-state index in [-0.39, 0.29) is 5.91 Å². The SMILES string of the molecule is CC1(C)C(C(=O)O)C1C(=O)Nc1ccc(Br)nc1. The molecule has 2 unspecified atom stereocenters. The van der Waals surface area contributed by atoms with Gasteiger partial charge in [0.15, 0.2) is 0 Å². The van der Waals surface area contributed by atoms with E-state index < -0.39 is 23.2 Å². The van der Waals surface area contributed by atoms with E-state index >= 15 is 0 Å². The quantitative estimate of drug-likeness (QED) is 0.838. The lowest BCUT2D eigenvalue weighted by Gasteiger charge is -2.05. The number of hydrogen-bond donors (Lipinski definition) is 2. The first-order chi connectivity index (χ1) is 8.34. The van der Waals surface area contributed by atoms with Crippen molar-refractivity contribution in [2.45, 2.75) is 13.8 Å². The molecule has 6 heteroatoms. The van der Waals surface area contributed by atoms with Gasteiger partial charge < -0.3 is 10.4 Å². The predicted molar refractivity (Wildman–Crippen MR) is 69.0 cm³/mol. The lowest BCUT2D eigenvalue weighted by molar-refractivity contribution is -0.140. The summed E-state index contributed by atoms with van der Waals surface area (Å²) in [5.41, 5.74) is 0.0775. The van der Waals surface area contributed by atoms with Crippen molar-refractivity contribution in [1.82, 2.24) is 4.98 Å². The summed E-state index contributed by atoms with van der Waals surface area (Å²) in [5, 5.41) is 11.7. The largest absolute Gasteiger partial charge is 0.481 e. The number of anilines is 1. The molecule has 1 fully saturated rings. The molecule has 1 amide bonds. The normalized spacial score (nSPS) is 24.4. The number of halogens is 1. The molecule has 0 radical (unpaired) electrons. The molecule has 5 nitrogen and oxygen atoms in total. The summed E-state index contributed by atoms with van der Waals surface area (Å²) < 4.78 is 0.677. The van der Waals surface area contributed by atoms with Crippen molar-refractivity contribution in [2.24, 2.45) is 17.3 Å². The van der Waals surface area contributed by atoms with Crippen LogP contribution in [0.3, 0.4) is 0 Å². The van der Waals surface area contributed by atoms with Gasteiger partial charge in [-0.3, -0.25) is 9.59 Å². The number of pyridine rings is 1. The van der Waals surface area contributed by atoms with Crippen molar-refractivity contribution < 1.29 is 14.7 Å². The summed E-state index contributed by atoms with van der Waals surface area (Å²) >= 11 is 3.20. The van der Waals surface area contributed by atoms with Crippen LogP contribution in [0.5, 0.6) is 0 Å². The number of aromatic nitrogens is 1. The molecule has 0 spiro atoms. The van der Waals surface area contributed by atoms with Crippen LogP contribution in [0.15, 0.2) is 22.9 Å². The molecule has 1 aromatic heterocycles. The third-order valence-electron chi connectivity index (χ3n) is 3.37. The second kappa shape index (κ2) is 4.35. The zero-order chi connectivity index (χ0) is 13.5. The van der Waals surface area contributed by atoms with Gasteiger partial charge in [-0.15, -0.1) is 0 Å². The van der Waals surface area contributed by atoms with Crippen molar-refractivity contribution in [2.75, 3.05) is 5.32 Å². The Bertz CT molecular complexity index is 499. The third kappa shape index (κ3) is 2.25. The highest BCUT2D eigenvalue weighted by molar-refractivity contribution is 9.10. The minimum absolute atomic E-state index is 0.267. The van der Waals surface area contributed by atoms with Gasteiger partial charge in [0.05, 0.1) is 23.7 Å². The number of nitrogens with zero attached hydrogens (tertiary/aromatic N) is 1. The smallest absolute Gasteiger partial charge is 0.307 e. The lowest BCUT2D eigenvalue weighted by atomic mass is 10.1. The predicted octanol–water partition coefficient (Wildman–Crippen LogP) is 2.14. The fourth-order valence-electron chi connectivity index (χ4n) is 2.26. The minimum Gasteiger partial charge on any atom is -0.481 e. The monoisotopic (exact) mass is 312 g/mol. The van der Waals surface area contributed by atoms with E-state index in [1.54, 1.807) is 26.0 Å². The second-order valence-corrected chi connectivity index (χ2v) is 5.79. The van der Waals surface area contributed by atoms with Crippen LogP contribution in [-0.4, -0.2) is 22.0 Å². The molecule has 0 bridgehead atoms. The first-order valence-corrected chi connectivity index (χ1v) is 6.28. The lowest BCUT2D eigenvalue weighted by Crippen LogP contribution is -2.17. The van der Waals surface area contributed by atoms with Gasteiger partial charge in [-0.1, -0.05) is 13.8 Å². The molecular weight excluding hydrogens is 300 g/mol. The molecule has 1 aliphatic rings. The van der Waals surface area contributed by atoms with Crippen molar-refractivity contribution in [3.63, 3.8) is 0 Å². The topological polar surface area (TPSA) is 79.3 Å². The van der Waals surface area contributed by atoms with E-state index in [0.29, 0.717) is 10.3 Å². The van der Waals surface area contributed by atoms with Crippen LogP contribution in [0.25, 0.3) is 0 Å². The Balaban J connectivity index is 2.06. The zero-order valence-electron chi connectivity index (χ0n) is 9.98. The summed E-state index contributed by atoms with van der Waals surface area (Å²) in [6, 6.07) is 3.42. The summed E-state index contributed by atoms with van der Waals surface area (Å²) in [7, 11) is 0. The van der Waals surface area contributed by atoms with Crippen LogP contribution in [0.2, 0.25) is 0 Å². The van der Waals surface area contributed by atoms with Gasteiger partial charge in [0.2, 0.25) is 5.91 Å². The molecule has 1 aliphatic carbocycles. The van der Waals surface area contributed by atoms with Crippen LogP contribution in [0, 0.1) is 17.3 Å². The van der Waals surface area contributed by atoms with E-state index in [2.05, 4.69) is 26.2 Å². The summed E-state index contributed by atoms with van der Waals surface area (Å²) in [5.74, 6) is -2.29. The van der Waals surface area contributed by atoms with Gasteiger partial charge in [-0.05, 0) is 33.5 Å². The standard InChI is InChI=1S/C12H13BrN2O3/c1-12(2)8(9(12)11(17)18)10(16)15-6-3-4-7(13)14-5-6/h3-5,8-9H,1-2H3,(H,15,16)(H,17,18). The molecule has 0 aliphatic heterocycles. The number of nitrogens with one attached hydrogen (secondary N) is 1. The number of carbonyl (C=O) groups excluding carboxylic acids is 1. The van der Waals surface area contributed by atoms with Gasteiger partial charge in [-0.2, -0.15) is 0 Å². The first-order valence-electron chi connectivity index (χ1n) is 5.49. The molecule has 2 N–H and O–H groups in total. The maximum atomic E-state index is 12.0. The van der Waals surface area contributed by atoms with Crippen LogP contribution < -0.4 is 5.32 Å². The average molecular weight is 313 g/mol. The first kappa shape index (κ1) is 13.0. The molecular formula is C12H13BrN2O3. The zero-order valence-corrected chi connectivity index (χ0v) is 11.6. The van der Waals surface area contributed by atoms with Crippen LogP contribution in [0.1, 0.15) is 13.8 Å². The Morgan fingerprint density at radius 3 is 2.50 bits per heavy atom. The van der Waals surface area contributed by atoms with Crippen molar-refractivity contribution in [3.05, 3.63) is 22.9 Å². The van der Waals surface area contributed by atoms with E-state index in [1.807, 2.05) is 0 Å². The number of rotatable bonds is 3. The molecule has 2 atom stereocenters. The molecule has 1 aromatic rings. The van der Waals surface area contributed by atoms with Crippen molar-refractivity contribution in [1.29, 1.82) is 0 Å². The van der Waals surface area contributed by atoms with Gasteiger partial charge >= 0.3 is 5.97 Å². The number of carbonyl (C=O) groups is 2. The minimum atomic E-state index is -0.922. The van der Waals surface area contributed by atoms with Gasteiger partial charge in [-0.25, -0.2) is 4.98 Å². The summed E-state index contributed by atoms with van der Waals surface area (Å²) in [6.07, 6.45) is 1.52. The molecule has 96 valence electrons.